The molecule has 1 aromatic carbocycles. The molecule has 1 aliphatic rings. The molecule has 0 saturated heterocycles. The smallest absolute Gasteiger partial charge is 0.170 e. The SMILES string of the molecule is CCCCC(C)CCc1c2cc(-c3sc(C4=C(F)C(F)=C(c5cc(C)c(C)s5)C(=N)C4=N)cc3C)sc2c(CCC(C)CCCC)c2cc(C)sc12. The summed E-state index contributed by atoms with van der Waals surface area (Å²) in [5, 5.41) is 20.5. The van der Waals surface area contributed by atoms with Crippen molar-refractivity contribution in [3.63, 3.8) is 0 Å². The molecule has 4 aromatic heterocycles. The van der Waals surface area contributed by atoms with Crippen LogP contribution in [0.5, 0.6) is 0 Å². The van der Waals surface area contributed by atoms with Crippen LogP contribution < -0.4 is 0 Å². The van der Waals surface area contributed by atoms with Gasteiger partial charge >= 0.3 is 0 Å². The van der Waals surface area contributed by atoms with Crippen molar-refractivity contribution in [2.45, 2.75) is 120 Å². The van der Waals surface area contributed by atoms with E-state index >= 15 is 8.78 Å². The number of thiophene rings is 4. The van der Waals surface area contributed by atoms with Gasteiger partial charge in [0.05, 0.1) is 22.6 Å². The predicted octanol–water partition coefficient (Wildman–Crippen LogP) is 15.8. The van der Waals surface area contributed by atoms with Gasteiger partial charge in [0, 0.05) is 38.7 Å². The highest BCUT2D eigenvalue weighted by Crippen LogP contribution is 2.49. The molecule has 5 aromatic rings. The standard InChI is InChI=1S/C44H52F2N2S4/c1-9-11-13-23(3)15-17-29-31-21-27(7)49-43(31)30(18-16-24(4)14-12-10-2)32-22-35(52-44(29)32)42-26(6)20-34(51-42)37-39(46)38(45)36(40(47)41(37)48)33-19-25(5)28(8)50-33/h19-24,47-48H,9-18H2,1-8H3. The first-order valence-electron chi connectivity index (χ1n) is 19.0. The Bertz CT molecular complexity index is 2130. The molecular formula is C44H52F2N2S4. The lowest BCUT2D eigenvalue weighted by molar-refractivity contribution is 0.472. The Kier molecular flexibility index (Phi) is 12.2. The van der Waals surface area contributed by atoms with E-state index in [0.29, 0.717) is 21.6 Å². The van der Waals surface area contributed by atoms with Gasteiger partial charge in [-0.3, -0.25) is 10.8 Å². The van der Waals surface area contributed by atoms with Crippen molar-refractivity contribution in [2.24, 2.45) is 11.8 Å². The van der Waals surface area contributed by atoms with Gasteiger partial charge in [-0.15, -0.1) is 45.3 Å². The van der Waals surface area contributed by atoms with Crippen LogP contribution in [0.2, 0.25) is 0 Å². The summed E-state index contributed by atoms with van der Waals surface area (Å²) >= 11 is 6.52. The maximum atomic E-state index is 16.0. The van der Waals surface area contributed by atoms with Gasteiger partial charge in [0.25, 0.3) is 0 Å². The second-order valence-corrected chi connectivity index (χ2v) is 19.7. The molecule has 0 spiro atoms. The number of allylic oxidation sites excluding steroid dienone is 4. The molecule has 0 saturated carbocycles. The van der Waals surface area contributed by atoms with Crippen LogP contribution in [0.1, 0.15) is 121 Å². The summed E-state index contributed by atoms with van der Waals surface area (Å²) in [5.41, 5.74) is 4.10. The van der Waals surface area contributed by atoms with Crippen molar-refractivity contribution in [2.75, 3.05) is 0 Å². The highest BCUT2D eigenvalue weighted by molar-refractivity contribution is 7.27. The molecule has 276 valence electrons. The maximum Gasteiger partial charge on any atom is 0.170 e. The minimum Gasteiger partial charge on any atom is -0.298 e. The lowest BCUT2D eigenvalue weighted by atomic mass is 9.90. The molecule has 0 bridgehead atoms. The quantitative estimate of drug-likeness (QED) is 0.0996. The summed E-state index contributed by atoms with van der Waals surface area (Å²) in [5.74, 6) is -0.752. The summed E-state index contributed by atoms with van der Waals surface area (Å²) in [6.45, 7) is 17.4. The fraction of sp³-hybridized carbons (Fsp3) is 0.455. The number of nitrogens with one attached hydrogen (secondary N) is 2. The lowest BCUT2D eigenvalue weighted by Crippen LogP contribution is -2.21. The van der Waals surface area contributed by atoms with Crippen LogP contribution in [-0.4, -0.2) is 11.4 Å². The van der Waals surface area contributed by atoms with Crippen molar-refractivity contribution in [3.05, 3.63) is 77.7 Å². The van der Waals surface area contributed by atoms with E-state index in [1.54, 1.807) is 6.07 Å². The van der Waals surface area contributed by atoms with E-state index in [1.165, 1.54) is 97.4 Å². The van der Waals surface area contributed by atoms with Crippen molar-refractivity contribution >= 4 is 88.1 Å². The molecule has 0 amide bonds. The van der Waals surface area contributed by atoms with E-state index in [0.717, 1.165) is 51.4 Å². The zero-order valence-electron chi connectivity index (χ0n) is 31.9. The van der Waals surface area contributed by atoms with E-state index in [4.69, 9.17) is 10.8 Å². The number of hydrogen-bond donors (Lipinski definition) is 2. The molecule has 0 radical (unpaired) electrons. The summed E-state index contributed by atoms with van der Waals surface area (Å²) in [4.78, 5) is 5.50. The minimum atomic E-state index is -1.04. The lowest BCUT2D eigenvalue weighted by Gasteiger charge is -2.18. The van der Waals surface area contributed by atoms with E-state index in [2.05, 4.69) is 46.8 Å². The number of unbranched alkanes of at least 4 members (excludes halogenated alkanes) is 2. The van der Waals surface area contributed by atoms with Crippen LogP contribution in [0.4, 0.5) is 8.78 Å². The Balaban J connectivity index is 1.46. The van der Waals surface area contributed by atoms with E-state index in [-0.39, 0.29) is 22.6 Å². The minimum absolute atomic E-state index is 0.115. The molecule has 2 N–H and O–H groups in total. The second-order valence-electron chi connectivity index (χ2n) is 15.1. The van der Waals surface area contributed by atoms with Crippen LogP contribution in [0, 0.1) is 50.3 Å². The van der Waals surface area contributed by atoms with Crippen LogP contribution >= 0.6 is 45.3 Å². The average Bonchev–Trinajstić information content (AvgIpc) is 3.89. The second kappa shape index (κ2) is 16.3. The molecule has 2 nitrogen and oxygen atoms in total. The zero-order valence-corrected chi connectivity index (χ0v) is 35.2. The number of aryl methyl sites for hydroxylation is 6. The van der Waals surface area contributed by atoms with Gasteiger partial charge in [0.15, 0.2) is 11.7 Å². The molecule has 6 rings (SSSR count). The number of hydrogen-bond acceptors (Lipinski definition) is 6. The first kappa shape index (κ1) is 38.9. The van der Waals surface area contributed by atoms with E-state index in [1.807, 2.05) is 49.5 Å². The highest BCUT2D eigenvalue weighted by atomic mass is 32.1. The van der Waals surface area contributed by atoms with Gasteiger partial charge in [-0.1, -0.05) is 66.2 Å². The van der Waals surface area contributed by atoms with Gasteiger partial charge < -0.3 is 0 Å². The summed E-state index contributed by atoms with van der Waals surface area (Å²) < 4.78 is 34.7. The summed E-state index contributed by atoms with van der Waals surface area (Å²) in [6, 6.07) is 8.45. The highest BCUT2D eigenvalue weighted by Gasteiger charge is 2.34. The third-order valence-electron chi connectivity index (χ3n) is 10.8. The monoisotopic (exact) mass is 774 g/mol. The van der Waals surface area contributed by atoms with E-state index in [9.17, 15) is 0 Å². The molecule has 8 heteroatoms. The number of benzene rings is 1. The van der Waals surface area contributed by atoms with Crippen molar-refractivity contribution < 1.29 is 8.78 Å². The van der Waals surface area contributed by atoms with Crippen molar-refractivity contribution in [1.82, 2.24) is 0 Å². The van der Waals surface area contributed by atoms with Gasteiger partial charge in [0.1, 0.15) is 0 Å². The maximum absolute atomic E-state index is 16.0. The third kappa shape index (κ3) is 7.60. The third-order valence-corrected chi connectivity index (χ3v) is 15.8. The molecule has 2 atom stereocenters. The topological polar surface area (TPSA) is 47.7 Å². The fourth-order valence-corrected chi connectivity index (χ4v) is 12.4. The van der Waals surface area contributed by atoms with Gasteiger partial charge in [-0.2, -0.15) is 0 Å². The Morgan fingerprint density at radius 3 is 1.62 bits per heavy atom. The molecule has 0 aliphatic heterocycles. The normalized spacial score (nSPS) is 15.3. The zero-order chi connectivity index (χ0) is 37.4. The Morgan fingerprint density at radius 1 is 0.596 bits per heavy atom. The number of fused-ring (bicyclic) bond motifs is 2. The Morgan fingerprint density at radius 2 is 1.10 bits per heavy atom. The molecule has 0 fully saturated rings. The molecule has 4 heterocycles. The van der Waals surface area contributed by atoms with Gasteiger partial charge in [-0.25, -0.2) is 8.78 Å². The first-order chi connectivity index (χ1) is 24.8. The molecule has 1 aliphatic carbocycles. The van der Waals surface area contributed by atoms with Gasteiger partial charge in [-0.05, 0) is 123 Å². The Labute approximate surface area is 324 Å². The van der Waals surface area contributed by atoms with Crippen LogP contribution in [0.3, 0.4) is 0 Å². The summed E-state index contributed by atoms with van der Waals surface area (Å²) in [7, 11) is 0. The predicted molar refractivity (Wildman–Crippen MR) is 229 cm³/mol. The molecule has 52 heavy (non-hydrogen) atoms. The number of halogens is 2. The molecule has 2 unspecified atom stereocenters. The van der Waals surface area contributed by atoms with Crippen LogP contribution in [-0.2, 0) is 12.8 Å². The van der Waals surface area contributed by atoms with Gasteiger partial charge in [0.2, 0.25) is 0 Å². The fourth-order valence-electron chi connectivity index (χ4n) is 7.53. The largest absolute Gasteiger partial charge is 0.298 e. The molecular weight excluding hydrogens is 723 g/mol. The summed E-state index contributed by atoms with van der Waals surface area (Å²) in [6.07, 6.45) is 11.9. The number of rotatable bonds is 15. The van der Waals surface area contributed by atoms with Crippen molar-refractivity contribution in [3.8, 4) is 9.75 Å². The Hall–Kier alpha value is -2.78. The average molecular weight is 775 g/mol. The van der Waals surface area contributed by atoms with Crippen molar-refractivity contribution in [1.29, 1.82) is 10.8 Å². The van der Waals surface area contributed by atoms with Crippen LogP contribution in [0.25, 0.3) is 41.1 Å². The first-order valence-corrected chi connectivity index (χ1v) is 22.2. The van der Waals surface area contributed by atoms with Crippen LogP contribution in [0.15, 0.2) is 35.9 Å². The van der Waals surface area contributed by atoms with E-state index < -0.39 is 11.7 Å².